The highest BCUT2D eigenvalue weighted by atomic mass is 19.1. The predicted molar refractivity (Wildman–Crippen MR) is 65.5 cm³/mol. The van der Waals surface area contributed by atoms with Gasteiger partial charge in [0.15, 0.2) is 0 Å². The monoisotopic (exact) mass is 248 g/mol. The molecule has 0 aliphatic carbocycles. The van der Waals surface area contributed by atoms with Crippen LogP contribution in [0.3, 0.4) is 0 Å². The molecular formula is C14H14F2N2. The molecule has 2 nitrogen and oxygen atoms in total. The first-order valence-corrected chi connectivity index (χ1v) is 6.47. The number of fused-ring (bicyclic) bond motifs is 5. The van der Waals surface area contributed by atoms with Crippen LogP contribution in [-0.4, -0.2) is 23.0 Å². The van der Waals surface area contributed by atoms with Crippen LogP contribution in [0.5, 0.6) is 0 Å². The van der Waals surface area contributed by atoms with Crippen molar-refractivity contribution in [3.05, 3.63) is 35.0 Å². The Morgan fingerprint density at radius 3 is 3.00 bits per heavy atom. The minimum atomic E-state index is -0.489. The van der Waals surface area contributed by atoms with Gasteiger partial charge in [-0.15, -0.1) is 0 Å². The Kier molecular flexibility index (Phi) is 2.07. The molecule has 2 aromatic rings. The topological polar surface area (TPSA) is 19.0 Å². The van der Waals surface area contributed by atoms with Gasteiger partial charge >= 0.3 is 0 Å². The van der Waals surface area contributed by atoms with Crippen LogP contribution in [0, 0.1) is 11.6 Å². The third kappa shape index (κ3) is 1.29. The standard InChI is InChI=1S/C14H14F2N2/c15-8-6-9-13-11(17-14(9)10(16)7-8)3-5-18-4-1-2-12(13)18/h6-7,12,17H,1-5H2/t12-/m1/s1. The molecule has 0 unspecified atom stereocenters. The number of hydrogen-bond donors (Lipinski definition) is 1. The molecule has 4 rings (SSSR count). The fourth-order valence-electron chi connectivity index (χ4n) is 3.55. The summed E-state index contributed by atoms with van der Waals surface area (Å²) in [6.07, 6.45) is 3.17. The lowest BCUT2D eigenvalue weighted by Gasteiger charge is -2.29. The lowest BCUT2D eigenvalue weighted by Crippen LogP contribution is -2.30. The van der Waals surface area contributed by atoms with Crippen LogP contribution in [0.25, 0.3) is 10.9 Å². The number of aromatic amines is 1. The SMILES string of the molecule is Fc1cc(F)c2[nH]c3c(c2c1)[C@H]1CCCN1CC3. The Balaban J connectivity index is 2.02. The van der Waals surface area contributed by atoms with E-state index in [0.717, 1.165) is 48.6 Å². The molecule has 1 fully saturated rings. The maximum atomic E-state index is 13.8. The molecule has 4 heteroatoms. The summed E-state index contributed by atoms with van der Waals surface area (Å²) < 4.78 is 27.2. The average Bonchev–Trinajstić information content (AvgIpc) is 2.91. The second-order valence-electron chi connectivity index (χ2n) is 5.27. The number of nitrogens with one attached hydrogen (secondary N) is 1. The number of H-pyrrole nitrogens is 1. The van der Waals surface area contributed by atoms with Crippen LogP contribution in [-0.2, 0) is 6.42 Å². The third-order valence-corrected chi connectivity index (χ3v) is 4.29. The van der Waals surface area contributed by atoms with Gasteiger partial charge in [0.1, 0.15) is 11.6 Å². The van der Waals surface area contributed by atoms with Crippen molar-refractivity contribution in [2.45, 2.75) is 25.3 Å². The zero-order valence-electron chi connectivity index (χ0n) is 9.97. The smallest absolute Gasteiger partial charge is 0.150 e. The molecular weight excluding hydrogens is 234 g/mol. The van der Waals surface area contributed by atoms with E-state index in [1.54, 1.807) is 0 Å². The Morgan fingerprint density at radius 2 is 2.11 bits per heavy atom. The van der Waals surface area contributed by atoms with Crippen molar-refractivity contribution in [1.29, 1.82) is 0 Å². The number of rotatable bonds is 0. The quantitative estimate of drug-likeness (QED) is 0.759. The van der Waals surface area contributed by atoms with Crippen LogP contribution < -0.4 is 0 Å². The van der Waals surface area contributed by atoms with Gasteiger partial charge in [-0.2, -0.15) is 0 Å². The van der Waals surface area contributed by atoms with Gasteiger partial charge in [-0.3, -0.25) is 4.90 Å². The van der Waals surface area contributed by atoms with E-state index in [0.29, 0.717) is 11.6 Å². The minimum absolute atomic E-state index is 0.351. The molecule has 1 saturated heterocycles. The van der Waals surface area contributed by atoms with Crippen molar-refractivity contribution in [2.75, 3.05) is 13.1 Å². The third-order valence-electron chi connectivity index (χ3n) is 4.29. The van der Waals surface area contributed by atoms with E-state index in [-0.39, 0.29) is 0 Å². The fraction of sp³-hybridized carbons (Fsp3) is 0.429. The number of hydrogen-bond acceptors (Lipinski definition) is 1. The predicted octanol–water partition coefficient (Wildman–Crippen LogP) is 3.14. The summed E-state index contributed by atoms with van der Waals surface area (Å²) in [5.41, 5.74) is 2.69. The molecule has 2 aliphatic heterocycles. The van der Waals surface area contributed by atoms with Crippen molar-refractivity contribution in [3.63, 3.8) is 0 Å². The Hall–Kier alpha value is -1.42. The van der Waals surface area contributed by atoms with Gasteiger partial charge in [0.05, 0.1) is 5.52 Å². The molecule has 1 atom stereocenters. The fourth-order valence-corrected chi connectivity index (χ4v) is 3.55. The minimum Gasteiger partial charge on any atom is -0.356 e. The molecule has 0 spiro atoms. The van der Waals surface area contributed by atoms with Crippen LogP contribution in [0.4, 0.5) is 8.78 Å². The van der Waals surface area contributed by atoms with Gasteiger partial charge < -0.3 is 4.98 Å². The summed E-state index contributed by atoms with van der Waals surface area (Å²) in [5, 5.41) is 0.735. The highest BCUT2D eigenvalue weighted by Gasteiger charge is 2.34. The molecule has 18 heavy (non-hydrogen) atoms. The highest BCUT2D eigenvalue weighted by molar-refractivity contribution is 5.86. The number of aromatic nitrogens is 1. The van der Waals surface area contributed by atoms with E-state index in [2.05, 4.69) is 9.88 Å². The lowest BCUT2D eigenvalue weighted by molar-refractivity contribution is 0.244. The van der Waals surface area contributed by atoms with Crippen LogP contribution in [0.15, 0.2) is 12.1 Å². The maximum absolute atomic E-state index is 13.8. The van der Waals surface area contributed by atoms with Gasteiger partial charge in [-0.1, -0.05) is 0 Å². The van der Waals surface area contributed by atoms with Gasteiger partial charge in [0, 0.05) is 36.2 Å². The molecule has 2 aliphatic rings. The molecule has 0 radical (unpaired) electrons. The number of halogens is 2. The average molecular weight is 248 g/mol. The second kappa shape index (κ2) is 3.54. The van der Waals surface area contributed by atoms with Gasteiger partial charge in [-0.05, 0) is 31.0 Å². The molecule has 3 heterocycles. The van der Waals surface area contributed by atoms with Gasteiger partial charge in [-0.25, -0.2) is 8.78 Å². The molecule has 0 bridgehead atoms. The summed E-state index contributed by atoms with van der Waals surface area (Å²) in [7, 11) is 0. The Labute approximate surface area is 104 Å². The van der Waals surface area contributed by atoms with Crippen molar-refractivity contribution in [2.24, 2.45) is 0 Å². The van der Waals surface area contributed by atoms with E-state index >= 15 is 0 Å². The lowest BCUT2D eigenvalue weighted by atomic mass is 9.96. The van der Waals surface area contributed by atoms with E-state index < -0.39 is 11.6 Å². The molecule has 1 aromatic heterocycles. The molecule has 1 aromatic carbocycles. The van der Waals surface area contributed by atoms with Gasteiger partial charge in [0.2, 0.25) is 0 Å². The summed E-state index contributed by atoms with van der Waals surface area (Å²) in [4.78, 5) is 5.58. The highest BCUT2D eigenvalue weighted by Crippen LogP contribution is 2.41. The first-order valence-electron chi connectivity index (χ1n) is 6.47. The largest absolute Gasteiger partial charge is 0.356 e. The van der Waals surface area contributed by atoms with Crippen molar-refractivity contribution in [3.8, 4) is 0 Å². The number of nitrogens with zero attached hydrogens (tertiary/aromatic N) is 1. The zero-order valence-corrected chi connectivity index (χ0v) is 9.97. The van der Waals surface area contributed by atoms with Gasteiger partial charge in [0.25, 0.3) is 0 Å². The first kappa shape index (κ1) is 10.5. The van der Waals surface area contributed by atoms with E-state index in [1.807, 2.05) is 0 Å². The van der Waals surface area contributed by atoms with Crippen molar-refractivity contribution >= 4 is 10.9 Å². The molecule has 1 N–H and O–H groups in total. The van der Waals surface area contributed by atoms with E-state index in [9.17, 15) is 8.78 Å². The zero-order chi connectivity index (χ0) is 12.3. The summed E-state index contributed by atoms with van der Waals surface area (Å²) in [6, 6.07) is 2.77. The van der Waals surface area contributed by atoms with E-state index in [4.69, 9.17) is 0 Å². The van der Waals surface area contributed by atoms with Crippen molar-refractivity contribution in [1.82, 2.24) is 9.88 Å². The molecule has 0 amide bonds. The second-order valence-corrected chi connectivity index (χ2v) is 5.27. The summed E-state index contributed by atoms with van der Waals surface area (Å²) in [5.74, 6) is -0.971. The van der Waals surface area contributed by atoms with Crippen LogP contribution >= 0.6 is 0 Å². The summed E-state index contributed by atoms with van der Waals surface area (Å²) >= 11 is 0. The molecule has 94 valence electrons. The normalized spacial score (nSPS) is 23.3. The summed E-state index contributed by atoms with van der Waals surface area (Å²) in [6.45, 7) is 2.13. The Bertz CT molecular complexity index is 632. The van der Waals surface area contributed by atoms with Crippen LogP contribution in [0.1, 0.15) is 30.1 Å². The first-order chi connectivity index (χ1) is 8.74. The van der Waals surface area contributed by atoms with Crippen molar-refractivity contribution < 1.29 is 8.78 Å². The molecule has 0 saturated carbocycles. The maximum Gasteiger partial charge on any atom is 0.150 e. The Morgan fingerprint density at radius 1 is 1.22 bits per heavy atom. The van der Waals surface area contributed by atoms with E-state index in [1.165, 1.54) is 12.5 Å². The van der Waals surface area contributed by atoms with Crippen LogP contribution in [0.2, 0.25) is 0 Å². The number of benzene rings is 1.